The quantitative estimate of drug-likeness (QED) is 0.532. The molecule has 1 aliphatic rings. The molecule has 1 rings (SSSR count). The average Bonchev–Trinajstić information content (AvgIpc) is 2.44. The predicted octanol–water partition coefficient (Wildman–Crippen LogP) is 2.20. The molecule has 0 aliphatic heterocycles. The van der Waals surface area contributed by atoms with Crippen LogP contribution in [0.3, 0.4) is 0 Å². The van der Waals surface area contributed by atoms with Gasteiger partial charge in [-0.1, -0.05) is 25.7 Å². The van der Waals surface area contributed by atoms with E-state index in [1.54, 1.807) is 0 Å². The van der Waals surface area contributed by atoms with Gasteiger partial charge in [-0.25, -0.2) is 0 Å². The summed E-state index contributed by atoms with van der Waals surface area (Å²) in [7, 11) is 5.63. The molecule has 1 saturated carbocycles. The van der Waals surface area contributed by atoms with Crippen molar-refractivity contribution in [3.05, 3.63) is 0 Å². The third kappa shape index (κ3) is 3.20. The summed E-state index contributed by atoms with van der Waals surface area (Å²) < 4.78 is 4.80. The Kier molecular flexibility index (Phi) is 4.58. The SMILES string of the molecule is COC(=O)CC1(N(C)C)CCCCCC1. The third-order valence-corrected chi connectivity index (χ3v) is 3.68. The molecule has 0 saturated heterocycles. The monoisotopic (exact) mass is 213 g/mol. The molecule has 0 bridgehead atoms. The van der Waals surface area contributed by atoms with Crippen LogP contribution in [0.25, 0.3) is 0 Å². The van der Waals surface area contributed by atoms with E-state index in [4.69, 9.17) is 4.74 Å². The maximum absolute atomic E-state index is 11.5. The van der Waals surface area contributed by atoms with E-state index in [-0.39, 0.29) is 11.5 Å². The zero-order valence-electron chi connectivity index (χ0n) is 10.2. The van der Waals surface area contributed by atoms with Gasteiger partial charge in [0.15, 0.2) is 0 Å². The van der Waals surface area contributed by atoms with Crippen molar-refractivity contribution in [2.24, 2.45) is 0 Å². The summed E-state index contributed by atoms with van der Waals surface area (Å²) in [5.74, 6) is -0.0781. The zero-order valence-corrected chi connectivity index (χ0v) is 10.2. The lowest BCUT2D eigenvalue weighted by Crippen LogP contribution is -2.45. The molecule has 1 aliphatic carbocycles. The van der Waals surface area contributed by atoms with Crippen LogP contribution in [0.1, 0.15) is 44.9 Å². The van der Waals surface area contributed by atoms with Crippen LogP contribution in [0.15, 0.2) is 0 Å². The topological polar surface area (TPSA) is 29.5 Å². The predicted molar refractivity (Wildman–Crippen MR) is 60.8 cm³/mol. The van der Waals surface area contributed by atoms with Crippen molar-refractivity contribution in [2.75, 3.05) is 21.2 Å². The maximum atomic E-state index is 11.5. The smallest absolute Gasteiger partial charge is 0.307 e. The van der Waals surface area contributed by atoms with Gasteiger partial charge in [-0.05, 0) is 26.9 Å². The summed E-state index contributed by atoms with van der Waals surface area (Å²) in [5.41, 5.74) is 0.0452. The molecule has 0 heterocycles. The first kappa shape index (κ1) is 12.5. The van der Waals surface area contributed by atoms with Gasteiger partial charge in [0.05, 0.1) is 13.5 Å². The van der Waals surface area contributed by atoms with Gasteiger partial charge in [-0.2, -0.15) is 0 Å². The first-order valence-electron chi connectivity index (χ1n) is 5.85. The molecule has 88 valence electrons. The minimum absolute atomic E-state index is 0.0452. The molecular weight excluding hydrogens is 190 g/mol. The summed E-state index contributed by atoms with van der Waals surface area (Å²) in [6.45, 7) is 0. The lowest BCUT2D eigenvalue weighted by atomic mass is 9.85. The first-order chi connectivity index (χ1) is 7.10. The van der Waals surface area contributed by atoms with Crippen LogP contribution < -0.4 is 0 Å². The van der Waals surface area contributed by atoms with Crippen molar-refractivity contribution in [3.63, 3.8) is 0 Å². The van der Waals surface area contributed by atoms with E-state index in [2.05, 4.69) is 19.0 Å². The van der Waals surface area contributed by atoms with Gasteiger partial charge < -0.3 is 9.64 Å². The van der Waals surface area contributed by atoms with Crippen LogP contribution in [0.5, 0.6) is 0 Å². The molecule has 1 fully saturated rings. The Morgan fingerprint density at radius 1 is 1.20 bits per heavy atom. The van der Waals surface area contributed by atoms with Gasteiger partial charge in [-0.15, -0.1) is 0 Å². The number of ether oxygens (including phenoxy) is 1. The van der Waals surface area contributed by atoms with Gasteiger partial charge in [0.25, 0.3) is 0 Å². The first-order valence-corrected chi connectivity index (χ1v) is 5.85. The molecule has 0 amide bonds. The van der Waals surface area contributed by atoms with Crippen molar-refractivity contribution in [3.8, 4) is 0 Å². The Labute approximate surface area is 92.8 Å². The Bertz CT molecular complexity index is 206. The molecule has 3 nitrogen and oxygen atoms in total. The summed E-state index contributed by atoms with van der Waals surface area (Å²) in [5, 5.41) is 0. The standard InChI is InChI=1S/C12H23NO2/c1-13(2)12(10-11(14)15-3)8-6-4-5-7-9-12/h4-10H2,1-3H3. The summed E-state index contributed by atoms with van der Waals surface area (Å²) in [6.07, 6.45) is 7.85. The molecule has 0 radical (unpaired) electrons. The minimum atomic E-state index is -0.0781. The van der Waals surface area contributed by atoms with E-state index in [9.17, 15) is 4.79 Å². The number of rotatable bonds is 3. The Hall–Kier alpha value is -0.570. The fraction of sp³-hybridized carbons (Fsp3) is 0.917. The molecule has 0 unspecified atom stereocenters. The second kappa shape index (κ2) is 5.50. The Morgan fingerprint density at radius 2 is 1.73 bits per heavy atom. The molecule has 3 heteroatoms. The van der Waals surface area contributed by atoms with Crippen molar-refractivity contribution in [2.45, 2.75) is 50.5 Å². The van der Waals surface area contributed by atoms with Crippen LogP contribution in [-0.2, 0) is 9.53 Å². The number of hydrogen-bond donors (Lipinski definition) is 0. The van der Waals surface area contributed by atoms with Gasteiger partial charge in [-0.3, -0.25) is 4.79 Å². The molecule has 0 aromatic heterocycles. The highest BCUT2D eigenvalue weighted by atomic mass is 16.5. The highest BCUT2D eigenvalue weighted by molar-refractivity contribution is 5.70. The highest BCUT2D eigenvalue weighted by Crippen LogP contribution is 2.34. The van der Waals surface area contributed by atoms with Crippen molar-refractivity contribution < 1.29 is 9.53 Å². The fourth-order valence-corrected chi connectivity index (χ4v) is 2.51. The molecular formula is C12H23NO2. The largest absolute Gasteiger partial charge is 0.469 e. The number of carbonyl (C=O) groups excluding carboxylic acids is 1. The van der Waals surface area contributed by atoms with Crippen LogP contribution in [-0.4, -0.2) is 37.6 Å². The average molecular weight is 213 g/mol. The van der Waals surface area contributed by atoms with Crippen molar-refractivity contribution in [1.29, 1.82) is 0 Å². The highest BCUT2D eigenvalue weighted by Gasteiger charge is 2.35. The lowest BCUT2D eigenvalue weighted by Gasteiger charge is -2.38. The Morgan fingerprint density at radius 3 is 2.13 bits per heavy atom. The third-order valence-electron chi connectivity index (χ3n) is 3.68. The number of esters is 1. The number of methoxy groups -OCH3 is 1. The van der Waals surface area contributed by atoms with Gasteiger partial charge in [0.1, 0.15) is 0 Å². The second-order valence-corrected chi connectivity index (χ2v) is 4.79. The number of nitrogens with zero attached hydrogens (tertiary/aromatic N) is 1. The van der Waals surface area contributed by atoms with Crippen molar-refractivity contribution in [1.82, 2.24) is 4.90 Å². The number of carbonyl (C=O) groups is 1. The normalized spacial score (nSPS) is 21.1. The van der Waals surface area contributed by atoms with E-state index in [0.29, 0.717) is 6.42 Å². The van der Waals surface area contributed by atoms with Crippen LogP contribution in [0.4, 0.5) is 0 Å². The summed E-state index contributed by atoms with van der Waals surface area (Å²) in [4.78, 5) is 13.7. The van der Waals surface area contributed by atoms with Gasteiger partial charge in [0.2, 0.25) is 0 Å². The van der Waals surface area contributed by atoms with Crippen LogP contribution >= 0.6 is 0 Å². The van der Waals surface area contributed by atoms with E-state index in [1.165, 1.54) is 32.8 Å². The molecule has 0 N–H and O–H groups in total. The second-order valence-electron chi connectivity index (χ2n) is 4.79. The molecule has 0 spiro atoms. The molecule has 0 aromatic rings. The van der Waals surface area contributed by atoms with E-state index >= 15 is 0 Å². The Balaban J connectivity index is 2.71. The van der Waals surface area contributed by atoms with E-state index < -0.39 is 0 Å². The van der Waals surface area contributed by atoms with Crippen molar-refractivity contribution >= 4 is 5.97 Å². The van der Waals surface area contributed by atoms with Gasteiger partial charge in [0, 0.05) is 5.54 Å². The van der Waals surface area contributed by atoms with Crippen LogP contribution in [0, 0.1) is 0 Å². The minimum Gasteiger partial charge on any atom is -0.469 e. The summed E-state index contributed by atoms with van der Waals surface area (Å²) >= 11 is 0. The molecule has 0 atom stereocenters. The van der Waals surface area contributed by atoms with Gasteiger partial charge >= 0.3 is 5.97 Å². The van der Waals surface area contributed by atoms with E-state index in [1.807, 2.05) is 0 Å². The maximum Gasteiger partial charge on any atom is 0.307 e. The molecule has 0 aromatic carbocycles. The summed E-state index contributed by atoms with van der Waals surface area (Å²) in [6, 6.07) is 0. The van der Waals surface area contributed by atoms with E-state index in [0.717, 1.165) is 12.8 Å². The lowest BCUT2D eigenvalue weighted by molar-refractivity contribution is -0.144. The number of hydrogen-bond acceptors (Lipinski definition) is 3. The van der Waals surface area contributed by atoms with Crippen LogP contribution in [0.2, 0.25) is 0 Å². The fourth-order valence-electron chi connectivity index (χ4n) is 2.51. The molecule has 15 heavy (non-hydrogen) atoms. The zero-order chi connectivity index (χ0) is 11.3.